The van der Waals surface area contributed by atoms with Crippen LogP contribution in [-0.4, -0.2) is 41.7 Å². The molecule has 2 aliphatic heterocycles. The average Bonchev–Trinajstić information content (AvgIpc) is 3.81. The number of nitrogens with one attached hydrogen (secondary N) is 2. The van der Waals surface area contributed by atoms with Crippen LogP contribution < -0.4 is 24.6 Å². The Labute approximate surface area is 287 Å². The molecule has 2 aliphatic carbocycles. The molecule has 2 saturated carbocycles. The molecule has 9 nitrogen and oxygen atoms in total. The molecule has 7 atom stereocenters. The summed E-state index contributed by atoms with van der Waals surface area (Å²) >= 11 is 14.9. The molecular formula is C34H27Cl2N3O6S2. The van der Waals surface area contributed by atoms with E-state index in [4.69, 9.17) is 32.7 Å². The molecule has 240 valence electrons. The number of ether oxygens (including phenoxy) is 2. The van der Waals surface area contributed by atoms with E-state index in [1.807, 2.05) is 24.3 Å². The van der Waals surface area contributed by atoms with Crippen LogP contribution in [0, 0.1) is 29.6 Å². The molecule has 3 fully saturated rings. The molecule has 4 aliphatic rings. The Balaban J connectivity index is 1.11. The number of carbonyl (C=O) groups is 3. The van der Waals surface area contributed by atoms with E-state index in [1.54, 1.807) is 61.3 Å². The molecule has 0 unspecified atom stereocenters. The van der Waals surface area contributed by atoms with Crippen LogP contribution >= 0.6 is 46.3 Å². The molecule has 3 amide bonds. The summed E-state index contributed by atoms with van der Waals surface area (Å²) in [7, 11) is 1.57. The number of hydrogen-bond acceptors (Lipinski definition) is 8. The molecule has 47 heavy (non-hydrogen) atoms. The van der Waals surface area contributed by atoms with Gasteiger partial charge in [0.25, 0.3) is 5.91 Å². The fourth-order valence-electron chi connectivity index (χ4n) is 8.13. The molecule has 0 radical (unpaired) electrons. The number of H-pyrrole nitrogens is 1. The minimum absolute atomic E-state index is 0.0163. The molecule has 0 spiro atoms. The number of para-hydroxylation sites is 1. The van der Waals surface area contributed by atoms with Crippen LogP contribution in [0.5, 0.6) is 11.5 Å². The number of halogens is 2. The summed E-state index contributed by atoms with van der Waals surface area (Å²) in [5, 5.41) is 4.30. The Bertz CT molecular complexity index is 2000. The first-order valence-corrected chi connectivity index (χ1v) is 17.6. The van der Waals surface area contributed by atoms with Crippen molar-refractivity contribution >= 4 is 75.4 Å². The summed E-state index contributed by atoms with van der Waals surface area (Å²) in [6.07, 6.45) is 0.760. The third-order valence-electron chi connectivity index (χ3n) is 9.87. The maximum atomic E-state index is 14.1. The van der Waals surface area contributed by atoms with Gasteiger partial charge in [0.05, 0.1) is 39.7 Å². The van der Waals surface area contributed by atoms with E-state index < -0.39 is 11.8 Å². The predicted molar refractivity (Wildman–Crippen MR) is 181 cm³/mol. The van der Waals surface area contributed by atoms with E-state index in [2.05, 4.69) is 10.3 Å². The lowest BCUT2D eigenvalue weighted by atomic mass is 9.68. The van der Waals surface area contributed by atoms with Crippen LogP contribution in [0.25, 0.3) is 0 Å². The summed E-state index contributed by atoms with van der Waals surface area (Å²) in [6.45, 7) is -0.260. The number of imide groups is 1. The molecule has 3 aromatic carbocycles. The number of methoxy groups -OCH3 is 1. The highest BCUT2D eigenvalue weighted by molar-refractivity contribution is 8.00. The van der Waals surface area contributed by atoms with Crippen molar-refractivity contribution < 1.29 is 23.9 Å². The van der Waals surface area contributed by atoms with Gasteiger partial charge in [0.2, 0.25) is 11.8 Å². The Hall–Kier alpha value is -3.77. The Kier molecular flexibility index (Phi) is 7.63. The Morgan fingerprint density at radius 3 is 2.47 bits per heavy atom. The fourth-order valence-corrected chi connectivity index (χ4v) is 11.3. The molecule has 1 saturated heterocycles. The first-order chi connectivity index (χ1) is 22.7. The van der Waals surface area contributed by atoms with E-state index >= 15 is 0 Å². The van der Waals surface area contributed by atoms with Crippen molar-refractivity contribution in [3.8, 4) is 11.5 Å². The molecule has 1 aromatic heterocycles. The van der Waals surface area contributed by atoms with E-state index in [0.717, 1.165) is 21.9 Å². The zero-order chi connectivity index (χ0) is 32.6. The van der Waals surface area contributed by atoms with Gasteiger partial charge >= 0.3 is 4.87 Å². The second kappa shape index (κ2) is 11.7. The summed E-state index contributed by atoms with van der Waals surface area (Å²) in [5.74, 6) is -0.764. The number of carbonyl (C=O) groups excluding carboxylic acids is 3. The summed E-state index contributed by atoms with van der Waals surface area (Å²) in [4.78, 5) is 58.7. The van der Waals surface area contributed by atoms with Gasteiger partial charge in [-0.3, -0.25) is 24.1 Å². The normalized spacial score (nSPS) is 27.0. The third kappa shape index (κ3) is 4.97. The predicted octanol–water partition coefficient (Wildman–Crippen LogP) is 6.45. The molecule has 2 N–H and O–H groups in total. The number of hydrogen-bond donors (Lipinski definition) is 2. The quantitative estimate of drug-likeness (QED) is 0.212. The highest BCUT2D eigenvalue weighted by Crippen LogP contribution is 2.69. The lowest BCUT2D eigenvalue weighted by molar-refractivity contribution is -0.123. The number of rotatable bonds is 7. The smallest absolute Gasteiger partial charge is 0.305 e. The van der Waals surface area contributed by atoms with Crippen molar-refractivity contribution in [1.29, 1.82) is 0 Å². The maximum Gasteiger partial charge on any atom is 0.305 e. The van der Waals surface area contributed by atoms with Gasteiger partial charge in [0.15, 0.2) is 6.61 Å². The molecule has 4 aromatic rings. The number of amides is 3. The zero-order valence-electron chi connectivity index (χ0n) is 24.8. The second-order valence-electron chi connectivity index (χ2n) is 12.2. The number of thiazole rings is 1. The van der Waals surface area contributed by atoms with Gasteiger partial charge in [-0.1, -0.05) is 52.7 Å². The van der Waals surface area contributed by atoms with Crippen molar-refractivity contribution in [3.63, 3.8) is 0 Å². The van der Waals surface area contributed by atoms with E-state index in [1.165, 1.54) is 16.2 Å². The highest BCUT2D eigenvalue weighted by atomic mass is 35.5. The number of fused-ring (bicyclic) bond motifs is 9. The van der Waals surface area contributed by atoms with Crippen molar-refractivity contribution in [2.24, 2.45) is 29.6 Å². The van der Waals surface area contributed by atoms with Crippen molar-refractivity contribution in [3.05, 3.63) is 96.9 Å². The maximum absolute atomic E-state index is 14.1. The van der Waals surface area contributed by atoms with Gasteiger partial charge in [-0.2, -0.15) is 0 Å². The molecule has 3 heterocycles. The number of benzene rings is 3. The monoisotopic (exact) mass is 707 g/mol. The zero-order valence-corrected chi connectivity index (χ0v) is 27.9. The van der Waals surface area contributed by atoms with Crippen LogP contribution in [0.4, 0.5) is 11.4 Å². The van der Waals surface area contributed by atoms with Gasteiger partial charge in [-0.05, 0) is 72.7 Å². The summed E-state index contributed by atoms with van der Waals surface area (Å²) in [5.41, 5.74) is 1.88. The summed E-state index contributed by atoms with van der Waals surface area (Å²) in [6, 6.07) is 19.4. The van der Waals surface area contributed by atoms with Gasteiger partial charge in [-0.25, -0.2) is 0 Å². The fraction of sp³-hybridized carbons (Fsp3) is 0.294. The van der Waals surface area contributed by atoms with Crippen molar-refractivity contribution in [1.82, 2.24) is 4.98 Å². The number of anilines is 2. The van der Waals surface area contributed by atoms with Crippen LogP contribution in [0.2, 0.25) is 10.0 Å². The van der Waals surface area contributed by atoms with Crippen LogP contribution in [0.1, 0.15) is 22.8 Å². The highest BCUT2D eigenvalue weighted by Gasteiger charge is 2.69. The van der Waals surface area contributed by atoms with E-state index in [0.29, 0.717) is 32.9 Å². The second-order valence-corrected chi connectivity index (χ2v) is 15.2. The van der Waals surface area contributed by atoms with E-state index in [-0.39, 0.29) is 58.1 Å². The Morgan fingerprint density at radius 2 is 1.72 bits per heavy atom. The van der Waals surface area contributed by atoms with Crippen LogP contribution in [0.3, 0.4) is 0 Å². The summed E-state index contributed by atoms with van der Waals surface area (Å²) < 4.78 is 11.4. The number of thioether (sulfide) groups is 1. The minimum atomic E-state index is -0.443. The van der Waals surface area contributed by atoms with Crippen LogP contribution in [-0.2, 0) is 14.4 Å². The topological polar surface area (TPSA) is 118 Å². The van der Waals surface area contributed by atoms with Gasteiger partial charge in [0, 0.05) is 27.3 Å². The third-order valence-corrected chi connectivity index (χ3v) is 13.2. The molecular weight excluding hydrogens is 681 g/mol. The number of aromatic amines is 1. The first-order valence-electron chi connectivity index (χ1n) is 15.1. The minimum Gasteiger partial charge on any atom is -0.497 e. The van der Waals surface area contributed by atoms with Gasteiger partial charge < -0.3 is 19.8 Å². The van der Waals surface area contributed by atoms with Gasteiger partial charge in [-0.15, -0.1) is 11.8 Å². The molecule has 2 bridgehead atoms. The lowest BCUT2D eigenvalue weighted by Gasteiger charge is -2.43. The standard InChI is InChI=1S/C34H27Cl2N3O6S2/c1-44-17-9-7-16(8-10-17)39-32(41)27-19-13-20(28(27)33(39)42)29-26(19)25(30-31(46-29)38-34(43)47-30)18-4-2-3-5-23(18)45-14-24(40)37-15-6-11-21(35)22(36)12-15/h2-12,19-20,25-29H,13-14H2,1H3,(H,37,40)(H,38,43)/t19-,20-,25+,26-,27+,28+,29-/m1/s1. The SMILES string of the molecule is COc1ccc(N2C(=O)[C@H]3[C@H]4C[C@@H]([C@@H]3C2=O)[C@@H]2[C@H](c3ccccc3OCC(=O)Nc3ccc(Cl)c(Cl)c3)c3sc(=O)[nH]c3S[C@H]42)cc1. The average molecular weight is 709 g/mol. The Morgan fingerprint density at radius 1 is 0.979 bits per heavy atom. The van der Waals surface area contributed by atoms with Crippen LogP contribution in [0.15, 0.2) is 76.6 Å². The largest absolute Gasteiger partial charge is 0.497 e. The number of nitrogens with zero attached hydrogens (tertiary/aromatic N) is 1. The van der Waals surface area contributed by atoms with E-state index in [9.17, 15) is 19.2 Å². The number of aromatic nitrogens is 1. The van der Waals surface area contributed by atoms with Crippen molar-refractivity contribution in [2.45, 2.75) is 22.6 Å². The van der Waals surface area contributed by atoms with Crippen molar-refractivity contribution in [2.75, 3.05) is 23.9 Å². The lowest BCUT2D eigenvalue weighted by Crippen LogP contribution is -2.42. The molecule has 13 heteroatoms. The van der Waals surface area contributed by atoms with Gasteiger partial charge in [0.1, 0.15) is 11.5 Å². The molecule has 8 rings (SSSR count). The first kappa shape index (κ1) is 30.6.